The molecule has 192 valence electrons. The molecule has 0 saturated heterocycles. The Labute approximate surface area is 234 Å². The minimum atomic E-state index is -3.24. The zero-order valence-corrected chi connectivity index (χ0v) is 22.9. The molecule has 3 heterocycles. The van der Waals surface area contributed by atoms with Crippen LogP contribution in [-0.4, -0.2) is 11.7 Å². The van der Waals surface area contributed by atoms with Crippen molar-refractivity contribution >= 4 is 41.6 Å². The van der Waals surface area contributed by atoms with E-state index in [0.29, 0.717) is 0 Å². The van der Waals surface area contributed by atoms with E-state index in [-0.39, 0.29) is 0 Å². The highest BCUT2D eigenvalue weighted by Crippen LogP contribution is 2.66. The number of nitrogens with zero attached hydrogens (tertiary/aromatic N) is 3. The van der Waals surface area contributed by atoms with Gasteiger partial charge in [0.15, 0.2) is 0 Å². The van der Waals surface area contributed by atoms with Crippen molar-refractivity contribution < 1.29 is 4.57 Å². The van der Waals surface area contributed by atoms with Crippen LogP contribution in [0.5, 0.6) is 0 Å². The molecule has 0 amide bonds. The molecule has 4 nitrogen and oxygen atoms in total. The Morgan fingerprint density at radius 2 is 1.40 bits per heavy atom. The van der Waals surface area contributed by atoms with Gasteiger partial charge < -0.3 is 0 Å². The van der Waals surface area contributed by atoms with Crippen molar-refractivity contribution in [3.8, 4) is 33.4 Å². The van der Waals surface area contributed by atoms with Crippen molar-refractivity contribution in [1.82, 2.24) is 4.98 Å². The molecular weight excluding hydrogens is 509 g/mol. The average Bonchev–Trinajstić information content (AvgIpc) is 3.02. The first-order valence-corrected chi connectivity index (χ1v) is 14.9. The smallest absolute Gasteiger partial charge is 0.235 e. The van der Waals surface area contributed by atoms with Gasteiger partial charge in [-0.15, -0.1) is 0 Å². The van der Waals surface area contributed by atoms with E-state index in [1.54, 1.807) is 6.20 Å². The molecule has 0 saturated carbocycles. The fourth-order valence-corrected chi connectivity index (χ4v) is 9.24. The molecule has 7 rings (SSSR count). The van der Waals surface area contributed by atoms with Crippen LogP contribution in [0.25, 0.3) is 39.0 Å². The molecule has 1 atom stereocenters. The number of aliphatic imine (C=N–C) groups is 1. The van der Waals surface area contributed by atoms with Crippen LogP contribution in [-0.2, 0) is 4.57 Å². The third kappa shape index (κ3) is 3.50. The van der Waals surface area contributed by atoms with Gasteiger partial charge in [-0.25, -0.2) is 0 Å². The summed E-state index contributed by atoms with van der Waals surface area (Å²) in [6, 6.07) is 33.2. The van der Waals surface area contributed by atoms with Crippen LogP contribution in [0, 0.1) is 0 Å². The molecule has 0 fully saturated rings. The molecule has 1 unspecified atom stereocenters. The molecule has 40 heavy (non-hydrogen) atoms. The van der Waals surface area contributed by atoms with Gasteiger partial charge in [0.2, 0.25) is 7.29 Å². The second-order valence-electron chi connectivity index (χ2n) is 9.86. The second kappa shape index (κ2) is 9.44. The van der Waals surface area contributed by atoms with Gasteiger partial charge in [-0.05, 0) is 102 Å². The van der Waals surface area contributed by atoms with Crippen LogP contribution in [0.1, 0.15) is 12.5 Å². The summed E-state index contributed by atoms with van der Waals surface area (Å²) in [7, 11) is -3.24. The van der Waals surface area contributed by atoms with E-state index < -0.39 is 7.29 Å². The lowest BCUT2D eigenvalue weighted by atomic mass is 9.94. The maximum Gasteiger partial charge on any atom is 0.235 e. The minimum absolute atomic E-state index is 0.862. The quantitative estimate of drug-likeness (QED) is 0.132. The topological polar surface area (TPSA) is 45.6 Å². The molecule has 0 bridgehead atoms. The van der Waals surface area contributed by atoms with Crippen LogP contribution >= 0.6 is 7.29 Å². The van der Waals surface area contributed by atoms with Gasteiger partial charge in [0.05, 0.1) is 11.4 Å². The number of rotatable bonds is 4. The minimum Gasteiger partial charge on any atom is -0.289 e. The van der Waals surface area contributed by atoms with Crippen LogP contribution in [0.2, 0.25) is 0 Å². The highest BCUT2D eigenvalue weighted by Gasteiger charge is 2.47. The lowest BCUT2D eigenvalue weighted by molar-refractivity contribution is 0.586. The number of aromatic nitrogens is 1. The molecule has 0 spiro atoms. The molecule has 0 aliphatic carbocycles. The first-order valence-electron chi connectivity index (χ1n) is 13.2. The lowest BCUT2D eigenvalue weighted by Gasteiger charge is -2.44. The molecular formula is C35H26N3OP. The van der Waals surface area contributed by atoms with Crippen LogP contribution < -0.4 is 15.3 Å². The number of anilines is 2. The Bertz CT molecular complexity index is 1920. The monoisotopic (exact) mass is 535 g/mol. The molecule has 4 aromatic carbocycles. The van der Waals surface area contributed by atoms with Crippen molar-refractivity contribution in [3.63, 3.8) is 0 Å². The maximum absolute atomic E-state index is 15.6. The largest absolute Gasteiger partial charge is 0.289 e. The summed E-state index contributed by atoms with van der Waals surface area (Å²) in [5.74, 6) is 0. The Balaban J connectivity index is 1.52. The number of benzene rings is 4. The summed E-state index contributed by atoms with van der Waals surface area (Å²) in [4.78, 5) is 8.07. The van der Waals surface area contributed by atoms with Gasteiger partial charge in [-0.1, -0.05) is 54.6 Å². The van der Waals surface area contributed by atoms with Crippen molar-refractivity contribution in [2.45, 2.75) is 6.92 Å². The maximum atomic E-state index is 15.6. The predicted molar refractivity (Wildman–Crippen MR) is 168 cm³/mol. The average molecular weight is 536 g/mol. The summed E-state index contributed by atoms with van der Waals surface area (Å²) in [5.41, 5.74) is 10.4. The van der Waals surface area contributed by atoms with Gasteiger partial charge in [0.25, 0.3) is 0 Å². The van der Waals surface area contributed by atoms with Crippen LogP contribution in [0.3, 0.4) is 0 Å². The summed E-state index contributed by atoms with van der Waals surface area (Å²) in [6.45, 7) is 5.59. The van der Waals surface area contributed by atoms with Gasteiger partial charge >= 0.3 is 0 Å². The second-order valence-corrected chi connectivity index (χ2v) is 12.4. The van der Waals surface area contributed by atoms with Crippen molar-refractivity contribution in [2.24, 2.45) is 4.99 Å². The van der Waals surface area contributed by atoms with E-state index in [9.17, 15) is 0 Å². The summed E-state index contributed by atoms with van der Waals surface area (Å²) < 4.78 is 17.7. The molecule has 2 aliphatic heterocycles. The summed E-state index contributed by atoms with van der Waals surface area (Å²) >= 11 is 0. The van der Waals surface area contributed by atoms with Crippen LogP contribution in [0.4, 0.5) is 11.4 Å². The van der Waals surface area contributed by atoms with E-state index in [2.05, 4.69) is 76.0 Å². The first-order chi connectivity index (χ1) is 19.6. The lowest BCUT2D eigenvalue weighted by Crippen LogP contribution is -2.37. The van der Waals surface area contributed by atoms with Gasteiger partial charge in [0, 0.05) is 40.3 Å². The van der Waals surface area contributed by atoms with E-state index in [0.717, 1.165) is 66.5 Å². The predicted octanol–water partition coefficient (Wildman–Crippen LogP) is 8.39. The zero-order valence-electron chi connectivity index (χ0n) is 22.0. The first kappa shape index (κ1) is 24.3. The van der Waals surface area contributed by atoms with Gasteiger partial charge in [-0.2, -0.15) is 0 Å². The van der Waals surface area contributed by atoms with Gasteiger partial charge in [0.1, 0.15) is 0 Å². The zero-order chi connectivity index (χ0) is 27.3. The molecule has 0 radical (unpaired) electrons. The molecule has 0 N–H and O–H groups in total. The normalized spacial score (nSPS) is 16.9. The van der Waals surface area contributed by atoms with Gasteiger partial charge in [-0.3, -0.25) is 19.2 Å². The molecule has 2 aliphatic rings. The number of fused-ring (bicyclic) bond motifs is 11. The molecule has 5 heteroatoms. The van der Waals surface area contributed by atoms with E-state index >= 15 is 4.57 Å². The standard InChI is InChI=1S/C35H26N3OP/c1-3-24(16-19-36-2)26-12-14-32-30(22-26)28-8-4-6-10-34(28)40(39)35-11-7-5-9-29(35)31-23-27(13-15-33(31)38(32)40)25-17-20-37-21-18-25/h3-23H,2H2,1H3/b19-16-,24-3+. The Morgan fingerprint density at radius 1 is 0.775 bits per heavy atom. The Hall–Kier alpha value is -4.79. The fraction of sp³-hybridized carbons (Fsp3) is 0.0286. The van der Waals surface area contributed by atoms with Crippen molar-refractivity contribution in [2.75, 3.05) is 4.67 Å². The van der Waals surface area contributed by atoms with E-state index in [4.69, 9.17) is 0 Å². The third-order valence-electron chi connectivity index (χ3n) is 7.79. The van der Waals surface area contributed by atoms with E-state index in [1.807, 2.05) is 73.9 Å². The van der Waals surface area contributed by atoms with Crippen molar-refractivity contribution in [3.05, 3.63) is 133 Å². The number of allylic oxidation sites excluding steroid dienone is 3. The number of hydrogen-bond donors (Lipinski definition) is 0. The fourth-order valence-electron chi connectivity index (χ4n) is 5.98. The molecule has 5 aromatic rings. The SMILES string of the molecule is C=N/C=C\C(=C/C)c1ccc2c(c1)-c1ccccc1P1(=O)c3ccccc3-c3cc(-c4ccncc4)ccc3N21. The summed E-state index contributed by atoms with van der Waals surface area (Å²) in [6.07, 6.45) is 9.35. The van der Waals surface area contributed by atoms with E-state index in [1.165, 1.54) is 0 Å². The number of pyridine rings is 1. The highest BCUT2D eigenvalue weighted by atomic mass is 31.2. The molecule has 1 aromatic heterocycles. The van der Waals surface area contributed by atoms with Crippen molar-refractivity contribution in [1.29, 1.82) is 0 Å². The Morgan fingerprint density at radius 3 is 2.05 bits per heavy atom. The van der Waals surface area contributed by atoms with Crippen LogP contribution in [0.15, 0.2) is 133 Å². The number of hydrogen-bond acceptors (Lipinski definition) is 3. The third-order valence-corrected chi connectivity index (χ3v) is 10.9. The Kier molecular flexibility index (Phi) is 5.73. The summed E-state index contributed by atoms with van der Waals surface area (Å²) in [5, 5.41) is 1.73. The highest BCUT2D eigenvalue weighted by molar-refractivity contribution is 7.81.